The molecular weight excluding hydrogens is 192 g/mol. The largest absolute Gasteiger partial charge is 0.409 e. The lowest BCUT2D eigenvalue weighted by atomic mass is 11.0. The van der Waals surface area contributed by atoms with Gasteiger partial charge in [0, 0.05) is 21.2 Å². The molecule has 0 aliphatic heterocycles. The van der Waals surface area contributed by atoms with Gasteiger partial charge in [-0.2, -0.15) is 0 Å². The predicted octanol–water partition coefficient (Wildman–Crippen LogP) is -1.63. The third-order valence-corrected chi connectivity index (χ3v) is 3.82. The molecule has 0 aromatic rings. The Kier molecular flexibility index (Phi) is 4.21. The van der Waals surface area contributed by atoms with Gasteiger partial charge < -0.3 is 25.0 Å². The number of hydrogen-bond acceptors (Lipinski definition) is 3. The Morgan fingerprint density at radius 3 is 1.62 bits per heavy atom. The fourth-order valence-electron chi connectivity index (χ4n) is 0.794. The van der Waals surface area contributed by atoms with E-state index in [4.69, 9.17) is 15.9 Å². The second kappa shape index (κ2) is 4.67. The maximum atomic E-state index is 10.8. The Bertz CT molecular complexity index is 192. The summed E-state index contributed by atoms with van der Waals surface area (Å²) in [7, 11) is 2.02. The van der Waals surface area contributed by atoms with Crippen LogP contribution in [0.5, 0.6) is 0 Å². The summed E-state index contributed by atoms with van der Waals surface area (Å²) in [6.07, 6.45) is 0. The summed E-state index contributed by atoms with van der Waals surface area (Å²) < 4.78 is 7.36. The minimum atomic E-state index is -2.30. The summed E-state index contributed by atoms with van der Waals surface area (Å²) in [6.45, 7) is 0. The van der Waals surface area contributed by atoms with Crippen LogP contribution < -0.4 is 11.5 Å². The third-order valence-electron chi connectivity index (χ3n) is 1.57. The number of urea groups is 2. The van der Waals surface area contributed by atoms with Crippen molar-refractivity contribution in [3.05, 3.63) is 0 Å². The summed E-state index contributed by atoms with van der Waals surface area (Å²) in [5, 5.41) is 0. The van der Waals surface area contributed by atoms with Crippen molar-refractivity contribution in [2.24, 2.45) is 11.5 Å². The molecule has 0 unspecified atom stereocenters. The van der Waals surface area contributed by atoms with Crippen molar-refractivity contribution in [1.82, 2.24) is 9.13 Å². The van der Waals surface area contributed by atoms with Crippen LogP contribution in [-0.4, -0.2) is 51.8 Å². The fourth-order valence-corrected chi connectivity index (χ4v) is 2.38. The number of rotatable bonds is 3. The molecule has 8 heteroatoms. The lowest BCUT2D eigenvalue weighted by Gasteiger charge is -2.29. The van der Waals surface area contributed by atoms with E-state index < -0.39 is 21.4 Å². The fraction of sp³-hybridized carbons (Fsp3) is 0.600. The van der Waals surface area contributed by atoms with Crippen molar-refractivity contribution in [1.29, 1.82) is 0 Å². The molecule has 0 heterocycles. The molecule has 4 amide bonds. The van der Waals surface area contributed by atoms with Crippen LogP contribution in [0.15, 0.2) is 0 Å². The summed E-state index contributed by atoms with van der Waals surface area (Å²) in [5.74, 6) is 0. The number of hydrogen-bond donors (Lipinski definition) is 2. The van der Waals surface area contributed by atoms with Crippen LogP contribution in [0.3, 0.4) is 0 Å². The van der Waals surface area contributed by atoms with E-state index in [2.05, 4.69) is 0 Å². The average Bonchev–Trinajstić information content (AvgIpc) is 2.04. The van der Waals surface area contributed by atoms with Gasteiger partial charge in [0.15, 0.2) is 0 Å². The van der Waals surface area contributed by atoms with Crippen LogP contribution in [0.25, 0.3) is 0 Å². The molecular formula is C5H14N4O3Si. The first-order chi connectivity index (χ1) is 5.91. The van der Waals surface area contributed by atoms with E-state index in [1.807, 2.05) is 0 Å². The van der Waals surface area contributed by atoms with Crippen molar-refractivity contribution < 1.29 is 14.0 Å². The normalized spacial score (nSPS) is 9.85. The molecule has 0 aromatic heterocycles. The van der Waals surface area contributed by atoms with Crippen LogP contribution in [-0.2, 0) is 4.43 Å². The van der Waals surface area contributed by atoms with Gasteiger partial charge >= 0.3 is 21.4 Å². The summed E-state index contributed by atoms with van der Waals surface area (Å²) in [4.78, 5) is 21.5. The third kappa shape index (κ3) is 2.91. The number of carbonyl (C=O) groups excluding carboxylic acids is 2. The van der Waals surface area contributed by atoms with Gasteiger partial charge in [0.25, 0.3) is 0 Å². The quantitative estimate of drug-likeness (QED) is 0.542. The van der Waals surface area contributed by atoms with Crippen molar-refractivity contribution in [2.45, 2.75) is 0 Å². The monoisotopic (exact) mass is 206 g/mol. The van der Waals surface area contributed by atoms with Gasteiger partial charge in [-0.3, -0.25) is 0 Å². The first kappa shape index (κ1) is 11.7. The highest BCUT2D eigenvalue weighted by Crippen LogP contribution is 1.97. The molecule has 0 bridgehead atoms. The van der Waals surface area contributed by atoms with Gasteiger partial charge in [-0.1, -0.05) is 0 Å². The Labute approximate surface area is 78.1 Å². The smallest absolute Gasteiger partial charge is 0.389 e. The number of carbonyl (C=O) groups is 2. The van der Waals surface area contributed by atoms with E-state index in [0.717, 1.165) is 0 Å². The molecule has 0 aliphatic carbocycles. The van der Waals surface area contributed by atoms with E-state index in [1.54, 1.807) is 0 Å². The van der Waals surface area contributed by atoms with Crippen LogP contribution in [0.1, 0.15) is 0 Å². The van der Waals surface area contributed by atoms with Gasteiger partial charge in [0.1, 0.15) is 0 Å². The van der Waals surface area contributed by atoms with E-state index in [-0.39, 0.29) is 0 Å². The highest BCUT2D eigenvalue weighted by molar-refractivity contribution is 6.51. The molecule has 0 fully saturated rings. The zero-order valence-electron chi connectivity index (χ0n) is 7.85. The van der Waals surface area contributed by atoms with Crippen molar-refractivity contribution in [3.63, 3.8) is 0 Å². The minimum absolute atomic E-state index is 0.647. The van der Waals surface area contributed by atoms with E-state index >= 15 is 0 Å². The molecule has 0 aromatic carbocycles. The molecule has 7 nitrogen and oxygen atoms in total. The van der Waals surface area contributed by atoms with Gasteiger partial charge in [-0.25, -0.2) is 9.59 Å². The van der Waals surface area contributed by atoms with Crippen LogP contribution in [0, 0.1) is 0 Å². The van der Waals surface area contributed by atoms with Crippen LogP contribution in [0.4, 0.5) is 9.59 Å². The molecule has 0 atom stereocenters. The Hall–Kier alpha value is -1.28. The lowest BCUT2D eigenvalue weighted by molar-refractivity contribution is 0.212. The van der Waals surface area contributed by atoms with Gasteiger partial charge in [-0.15, -0.1) is 0 Å². The molecule has 0 radical (unpaired) electrons. The zero-order chi connectivity index (χ0) is 10.6. The Morgan fingerprint density at radius 2 is 1.46 bits per heavy atom. The van der Waals surface area contributed by atoms with Crippen molar-refractivity contribution in [3.8, 4) is 0 Å². The molecule has 0 spiro atoms. The summed E-state index contributed by atoms with van der Waals surface area (Å²) in [6, 6.07) is -1.29. The number of amides is 4. The van der Waals surface area contributed by atoms with Crippen LogP contribution >= 0.6 is 0 Å². The highest BCUT2D eigenvalue weighted by atomic mass is 28.3. The molecule has 76 valence electrons. The van der Waals surface area contributed by atoms with Gasteiger partial charge in [0.05, 0.1) is 0 Å². The summed E-state index contributed by atoms with van der Waals surface area (Å²) in [5.41, 5.74) is 10.0. The Balaban J connectivity index is 4.49. The molecule has 4 N–H and O–H groups in total. The van der Waals surface area contributed by atoms with E-state index in [1.165, 1.54) is 30.3 Å². The maximum absolute atomic E-state index is 10.8. The zero-order valence-corrected chi connectivity index (χ0v) is 9.01. The highest BCUT2D eigenvalue weighted by Gasteiger charge is 2.28. The van der Waals surface area contributed by atoms with Crippen molar-refractivity contribution in [2.75, 3.05) is 21.2 Å². The average molecular weight is 206 g/mol. The number of primary amides is 2. The van der Waals surface area contributed by atoms with E-state index in [0.29, 0.717) is 0 Å². The standard InChI is InChI=1S/C5H14N4O3Si/c1-8(4(6)10)13(12-3)9(2)5(7)11/h13H,1-3H3,(H2,6,10)(H2,7,11). The molecule has 13 heavy (non-hydrogen) atoms. The summed E-state index contributed by atoms with van der Waals surface area (Å²) >= 11 is 0. The SMILES string of the molecule is CO[SiH](N(C)C(N)=O)N(C)C(N)=O. The predicted molar refractivity (Wildman–Crippen MR) is 48.9 cm³/mol. The van der Waals surface area contributed by atoms with Gasteiger partial charge in [-0.05, 0) is 0 Å². The second-order valence-electron chi connectivity index (χ2n) is 2.46. The molecule has 0 aliphatic rings. The molecule has 0 saturated carbocycles. The number of nitrogens with zero attached hydrogens (tertiary/aromatic N) is 2. The minimum Gasteiger partial charge on any atom is -0.389 e. The Morgan fingerprint density at radius 1 is 1.15 bits per heavy atom. The number of nitrogens with two attached hydrogens (primary N) is 2. The van der Waals surface area contributed by atoms with Crippen LogP contribution in [0.2, 0.25) is 0 Å². The van der Waals surface area contributed by atoms with Crippen molar-refractivity contribution >= 4 is 21.4 Å². The second-order valence-corrected chi connectivity index (χ2v) is 5.13. The van der Waals surface area contributed by atoms with E-state index in [9.17, 15) is 9.59 Å². The topological polar surface area (TPSA) is 102 Å². The molecule has 0 rings (SSSR count). The lowest BCUT2D eigenvalue weighted by Crippen LogP contribution is -2.57. The first-order valence-electron chi connectivity index (χ1n) is 3.49. The molecule has 0 saturated heterocycles. The van der Waals surface area contributed by atoms with Gasteiger partial charge in [0.2, 0.25) is 0 Å². The first-order valence-corrected chi connectivity index (χ1v) is 4.99. The maximum Gasteiger partial charge on any atom is 0.409 e.